The molecule has 0 rings (SSSR count). The molecule has 0 saturated heterocycles. The predicted molar refractivity (Wildman–Crippen MR) is 55.8 cm³/mol. The van der Waals surface area contributed by atoms with Crippen molar-refractivity contribution in [3.63, 3.8) is 0 Å². The molecule has 0 spiro atoms. The van der Waals surface area contributed by atoms with Crippen LogP contribution in [-0.2, 0) is 19.1 Å². The van der Waals surface area contributed by atoms with Gasteiger partial charge in [0.1, 0.15) is 12.7 Å². The average molecular weight is 211 g/mol. The first-order chi connectivity index (χ1) is 6.84. The van der Waals surface area contributed by atoms with E-state index >= 15 is 0 Å². The number of esters is 2. The van der Waals surface area contributed by atoms with Crippen molar-refractivity contribution in [1.82, 2.24) is 0 Å². The van der Waals surface area contributed by atoms with Crippen LogP contribution in [-0.4, -0.2) is 24.6 Å². The Balaban J connectivity index is 3.90. The summed E-state index contributed by atoms with van der Waals surface area (Å²) < 4.78 is 9.52. The second kappa shape index (κ2) is 6.01. The van der Waals surface area contributed by atoms with Crippen molar-refractivity contribution >= 4 is 11.9 Å². The second-order valence-electron chi connectivity index (χ2n) is 3.19. The first-order valence-electron chi connectivity index (χ1n) is 4.36. The molecule has 4 nitrogen and oxygen atoms in total. The van der Waals surface area contributed by atoms with E-state index in [0.29, 0.717) is 0 Å². The molecule has 0 fully saturated rings. The van der Waals surface area contributed by atoms with Crippen molar-refractivity contribution in [3.05, 3.63) is 31.2 Å². The monoisotopic (exact) mass is 211 g/mol. The van der Waals surface area contributed by atoms with Crippen LogP contribution in [0.25, 0.3) is 0 Å². The van der Waals surface area contributed by atoms with Crippen LogP contribution in [0, 0.1) is 6.92 Å². The molecule has 0 N–H and O–H groups in total. The van der Waals surface area contributed by atoms with Crippen LogP contribution in [0.4, 0.5) is 0 Å². The molecule has 0 aromatic heterocycles. The lowest BCUT2D eigenvalue weighted by Gasteiger charge is -2.13. The Kier molecular flexibility index (Phi) is 5.37. The number of hydrogen-bond donors (Lipinski definition) is 0. The van der Waals surface area contributed by atoms with E-state index in [9.17, 15) is 9.59 Å². The lowest BCUT2D eigenvalue weighted by molar-refractivity contribution is -0.151. The van der Waals surface area contributed by atoms with E-state index in [1.54, 1.807) is 0 Å². The standard InChI is InChI=1S/C11H15O4/c1-7(2)10(12)14-6-9(5)15-11(13)8(3)4/h9H,1,3,5-6H2,2,4H3. The molecule has 0 aliphatic heterocycles. The summed E-state index contributed by atoms with van der Waals surface area (Å²) in [7, 11) is 0. The van der Waals surface area contributed by atoms with Crippen LogP contribution < -0.4 is 0 Å². The summed E-state index contributed by atoms with van der Waals surface area (Å²) in [6.45, 7) is 13.3. The average Bonchev–Trinajstić information content (AvgIpc) is 2.13. The van der Waals surface area contributed by atoms with Crippen molar-refractivity contribution < 1.29 is 19.1 Å². The first kappa shape index (κ1) is 13.4. The fraction of sp³-hybridized carbons (Fsp3) is 0.364. The summed E-state index contributed by atoms with van der Waals surface area (Å²) >= 11 is 0. The van der Waals surface area contributed by atoms with E-state index in [1.807, 2.05) is 0 Å². The van der Waals surface area contributed by atoms with Gasteiger partial charge in [0.25, 0.3) is 0 Å². The van der Waals surface area contributed by atoms with Gasteiger partial charge in [0.15, 0.2) is 0 Å². The number of rotatable bonds is 5. The van der Waals surface area contributed by atoms with E-state index in [4.69, 9.17) is 9.47 Å². The second-order valence-corrected chi connectivity index (χ2v) is 3.19. The van der Waals surface area contributed by atoms with Crippen molar-refractivity contribution in [3.8, 4) is 0 Å². The van der Waals surface area contributed by atoms with Gasteiger partial charge in [0, 0.05) is 11.1 Å². The van der Waals surface area contributed by atoms with Crippen LogP contribution >= 0.6 is 0 Å². The van der Waals surface area contributed by atoms with E-state index in [1.165, 1.54) is 13.8 Å². The predicted octanol–water partition coefficient (Wildman–Crippen LogP) is 1.43. The molecule has 1 unspecified atom stereocenters. The SMILES string of the molecule is [CH2]C(COC(=O)C(=C)C)OC(=O)C(=C)C. The summed E-state index contributed by atoms with van der Waals surface area (Å²) in [4.78, 5) is 22.0. The lowest BCUT2D eigenvalue weighted by atomic mass is 10.3. The van der Waals surface area contributed by atoms with Gasteiger partial charge >= 0.3 is 11.9 Å². The highest BCUT2D eigenvalue weighted by Crippen LogP contribution is 2.00. The maximum absolute atomic E-state index is 11.0. The van der Waals surface area contributed by atoms with Gasteiger partial charge in [-0.1, -0.05) is 13.2 Å². The number of hydrogen-bond acceptors (Lipinski definition) is 4. The van der Waals surface area contributed by atoms with Gasteiger partial charge in [-0.15, -0.1) is 0 Å². The zero-order valence-electron chi connectivity index (χ0n) is 9.04. The topological polar surface area (TPSA) is 52.6 Å². The van der Waals surface area contributed by atoms with Crippen molar-refractivity contribution in [2.45, 2.75) is 20.0 Å². The maximum Gasteiger partial charge on any atom is 0.333 e. The largest absolute Gasteiger partial charge is 0.458 e. The number of carbonyl (C=O) groups is 2. The molecular formula is C11H15O4. The van der Waals surface area contributed by atoms with E-state index < -0.39 is 18.0 Å². The highest BCUT2D eigenvalue weighted by Gasteiger charge is 2.12. The minimum atomic E-state index is -0.738. The van der Waals surface area contributed by atoms with Gasteiger partial charge in [0.05, 0.1) is 0 Å². The van der Waals surface area contributed by atoms with Crippen LogP contribution in [0.3, 0.4) is 0 Å². The van der Waals surface area contributed by atoms with Gasteiger partial charge in [-0.25, -0.2) is 9.59 Å². The smallest absolute Gasteiger partial charge is 0.333 e. The third-order valence-corrected chi connectivity index (χ3v) is 1.37. The molecule has 15 heavy (non-hydrogen) atoms. The Hall–Kier alpha value is -1.58. The van der Waals surface area contributed by atoms with Gasteiger partial charge < -0.3 is 9.47 Å². The van der Waals surface area contributed by atoms with Gasteiger partial charge in [-0.2, -0.15) is 0 Å². The van der Waals surface area contributed by atoms with Crippen LogP contribution in [0.1, 0.15) is 13.8 Å². The molecule has 1 atom stereocenters. The van der Waals surface area contributed by atoms with Crippen LogP contribution in [0.2, 0.25) is 0 Å². The lowest BCUT2D eigenvalue weighted by Crippen LogP contribution is -2.23. The molecule has 0 aromatic carbocycles. The Labute approximate surface area is 89.6 Å². The molecule has 0 aliphatic rings. The Morgan fingerprint density at radius 2 is 1.60 bits per heavy atom. The summed E-state index contributed by atoms with van der Waals surface area (Å²) in [5, 5.41) is 0. The van der Waals surface area contributed by atoms with E-state index in [0.717, 1.165) is 0 Å². The van der Waals surface area contributed by atoms with Gasteiger partial charge in [-0.05, 0) is 20.8 Å². The molecular weight excluding hydrogens is 196 g/mol. The highest BCUT2D eigenvalue weighted by atomic mass is 16.6. The molecule has 0 bridgehead atoms. The number of carbonyl (C=O) groups excluding carboxylic acids is 2. The van der Waals surface area contributed by atoms with Crippen LogP contribution in [0.15, 0.2) is 24.3 Å². The Morgan fingerprint density at radius 1 is 1.13 bits per heavy atom. The zero-order chi connectivity index (χ0) is 12.0. The first-order valence-corrected chi connectivity index (χ1v) is 4.36. The summed E-state index contributed by atoms with van der Waals surface area (Å²) in [6, 6.07) is 0. The zero-order valence-corrected chi connectivity index (χ0v) is 9.04. The highest BCUT2D eigenvalue weighted by molar-refractivity contribution is 5.87. The quantitative estimate of drug-likeness (QED) is 0.510. The normalized spacial score (nSPS) is 11.4. The minimum Gasteiger partial charge on any atom is -0.458 e. The van der Waals surface area contributed by atoms with Gasteiger partial charge in [-0.3, -0.25) is 0 Å². The molecule has 0 heterocycles. The van der Waals surface area contributed by atoms with Crippen molar-refractivity contribution in [1.29, 1.82) is 0 Å². The molecule has 0 aliphatic carbocycles. The molecule has 4 heteroatoms. The third-order valence-electron chi connectivity index (χ3n) is 1.37. The molecule has 1 radical (unpaired) electrons. The summed E-state index contributed by atoms with van der Waals surface area (Å²) in [6.07, 6.45) is -0.738. The molecule has 0 saturated carbocycles. The molecule has 0 amide bonds. The van der Waals surface area contributed by atoms with E-state index in [2.05, 4.69) is 20.1 Å². The van der Waals surface area contributed by atoms with Gasteiger partial charge in [0.2, 0.25) is 0 Å². The van der Waals surface area contributed by atoms with Crippen molar-refractivity contribution in [2.24, 2.45) is 0 Å². The van der Waals surface area contributed by atoms with Crippen LogP contribution in [0.5, 0.6) is 0 Å². The van der Waals surface area contributed by atoms with Crippen molar-refractivity contribution in [2.75, 3.05) is 6.61 Å². The van der Waals surface area contributed by atoms with E-state index in [-0.39, 0.29) is 17.8 Å². The number of ether oxygens (including phenoxy) is 2. The molecule has 0 aromatic rings. The third kappa shape index (κ3) is 5.67. The Bertz CT molecular complexity index is 291. The molecule has 83 valence electrons. The summed E-state index contributed by atoms with van der Waals surface area (Å²) in [5.41, 5.74) is 0.559. The Morgan fingerprint density at radius 3 is 2.00 bits per heavy atom. The minimum absolute atomic E-state index is 0.0925. The fourth-order valence-electron chi connectivity index (χ4n) is 0.578. The fourth-order valence-corrected chi connectivity index (χ4v) is 0.578. The summed E-state index contributed by atoms with van der Waals surface area (Å²) in [5.74, 6) is -1.09. The maximum atomic E-state index is 11.0.